The number of carbonyl (C=O) groups excluding carboxylic acids is 1. The van der Waals surface area contributed by atoms with Gasteiger partial charge in [0.05, 0.1) is 0 Å². The Bertz CT molecular complexity index is 230. The van der Waals surface area contributed by atoms with Gasteiger partial charge >= 0.3 is 5.97 Å². The van der Waals surface area contributed by atoms with Gasteiger partial charge in [0.25, 0.3) is 0 Å². The van der Waals surface area contributed by atoms with Crippen molar-refractivity contribution in [2.24, 2.45) is 0 Å². The number of aliphatic carboxylic acids is 1. The average molecular weight is 229 g/mol. The lowest BCUT2D eigenvalue weighted by Gasteiger charge is -2.01. The fourth-order valence-corrected chi connectivity index (χ4v) is 1.42. The van der Waals surface area contributed by atoms with Crippen LogP contribution in [0.25, 0.3) is 0 Å². The third kappa shape index (κ3) is 10.8. The first-order valence-corrected chi connectivity index (χ1v) is 5.81. The van der Waals surface area contributed by atoms with E-state index in [0.29, 0.717) is 22.9 Å². The fraction of sp³-hybridized carbons (Fsp3) is 0.556. The molecule has 0 spiro atoms. The van der Waals surface area contributed by atoms with Crippen molar-refractivity contribution in [2.75, 3.05) is 13.2 Å². The van der Waals surface area contributed by atoms with Crippen molar-refractivity contribution in [1.29, 1.82) is 0 Å². The van der Waals surface area contributed by atoms with Gasteiger partial charge < -0.3 is 14.8 Å². The summed E-state index contributed by atoms with van der Waals surface area (Å²) in [5.41, 5.74) is 0. The Hall–Kier alpha value is -1.14. The van der Waals surface area contributed by atoms with Crippen LogP contribution in [-0.2, 0) is 14.0 Å². The Labute approximate surface area is 91.4 Å². The highest BCUT2D eigenvalue weighted by molar-refractivity contribution is 6.26. The molecule has 0 unspecified atom stereocenters. The number of amides is 1. The van der Waals surface area contributed by atoms with E-state index in [1.54, 1.807) is 0 Å². The minimum atomic E-state index is -1.12. The van der Waals surface area contributed by atoms with Crippen LogP contribution in [0.3, 0.4) is 0 Å². The molecule has 0 saturated carbocycles. The third-order valence-electron chi connectivity index (χ3n) is 1.38. The first-order chi connectivity index (χ1) is 7.16. The predicted octanol–water partition coefficient (Wildman–Crippen LogP) is 0.207. The molecule has 0 aromatic heterocycles. The van der Waals surface area contributed by atoms with Crippen LogP contribution in [0, 0.1) is 0 Å². The second-order valence-corrected chi connectivity index (χ2v) is 3.72. The minimum Gasteiger partial charge on any atom is -0.478 e. The van der Waals surface area contributed by atoms with Crippen LogP contribution < -0.4 is 5.32 Å². The Kier molecular flexibility index (Phi) is 8.70. The van der Waals surface area contributed by atoms with Gasteiger partial charge in [-0.25, -0.2) is 4.79 Å². The second kappa shape index (κ2) is 9.41. The molecular formula is C9H15NO4Si. The summed E-state index contributed by atoms with van der Waals surface area (Å²) in [6, 6.07) is 0.913. The van der Waals surface area contributed by atoms with Crippen LogP contribution in [0.15, 0.2) is 12.2 Å². The van der Waals surface area contributed by atoms with Crippen LogP contribution in [0.4, 0.5) is 0 Å². The molecule has 0 aromatic carbocycles. The Morgan fingerprint density at radius 3 is 2.80 bits per heavy atom. The maximum absolute atomic E-state index is 10.9. The normalized spacial score (nSPS) is 10.5. The van der Waals surface area contributed by atoms with Crippen LogP contribution in [0.2, 0.25) is 6.04 Å². The van der Waals surface area contributed by atoms with E-state index in [1.807, 2.05) is 6.92 Å². The molecule has 15 heavy (non-hydrogen) atoms. The van der Waals surface area contributed by atoms with Crippen molar-refractivity contribution in [3.8, 4) is 0 Å². The first kappa shape index (κ1) is 13.9. The summed E-state index contributed by atoms with van der Waals surface area (Å²) >= 11 is 0. The summed E-state index contributed by atoms with van der Waals surface area (Å²) in [5, 5.41) is 10.8. The molecule has 0 aromatic rings. The zero-order valence-corrected chi connectivity index (χ0v) is 9.66. The van der Waals surface area contributed by atoms with Gasteiger partial charge in [-0.3, -0.25) is 4.79 Å². The highest BCUT2D eigenvalue weighted by Crippen LogP contribution is 1.87. The van der Waals surface area contributed by atoms with Crippen LogP contribution in [0.5, 0.6) is 0 Å². The molecule has 0 aliphatic rings. The van der Waals surface area contributed by atoms with Crippen molar-refractivity contribution >= 4 is 21.6 Å². The molecule has 1 amide bonds. The fourth-order valence-electron chi connectivity index (χ4n) is 0.752. The van der Waals surface area contributed by atoms with Crippen LogP contribution in [0.1, 0.15) is 13.3 Å². The third-order valence-corrected chi connectivity index (χ3v) is 2.43. The van der Waals surface area contributed by atoms with Gasteiger partial charge in [-0.15, -0.1) is 0 Å². The molecule has 0 aliphatic carbocycles. The van der Waals surface area contributed by atoms with E-state index in [2.05, 4.69) is 5.32 Å². The SMILES string of the molecule is CCO[Si]CCCNC(=O)/C=C\C(=O)O. The average Bonchev–Trinajstić information content (AvgIpc) is 2.20. The van der Waals surface area contributed by atoms with Crippen LogP contribution >= 0.6 is 0 Å². The number of carbonyl (C=O) groups is 2. The van der Waals surface area contributed by atoms with Crippen molar-refractivity contribution < 1.29 is 19.1 Å². The number of rotatable bonds is 8. The summed E-state index contributed by atoms with van der Waals surface area (Å²) in [4.78, 5) is 21.0. The Morgan fingerprint density at radius 2 is 2.20 bits per heavy atom. The summed E-state index contributed by atoms with van der Waals surface area (Å²) in [5.74, 6) is -1.50. The summed E-state index contributed by atoms with van der Waals surface area (Å²) in [7, 11) is 0.469. The molecule has 0 saturated heterocycles. The molecule has 0 rings (SSSR count). The van der Waals surface area contributed by atoms with Gasteiger partial charge in [0, 0.05) is 25.3 Å². The Balaban J connectivity index is 3.35. The molecule has 0 heterocycles. The van der Waals surface area contributed by atoms with Crippen molar-refractivity contribution in [3.05, 3.63) is 12.2 Å². The maximum Gasteiger partial charge on any atom is 0.328 e. The van der Waals surface area contributed by atoms with Gasteiger partial charge in [0.1, 0.15) is 0 Å². The molecule has 2 radical (unpaired) electrons. The minimum absolute atomic E-state index is 0.378. The lowest BCUT2D eigenvalue weighted by atomic mass is 10.4. The molecule has 0 aliphatic heterocycles. The second-order valence-electron chi connectivity index (χ2n) is 2.64. The maximum atomic E-state index is 10.9. The van der Waals surface area contributed by atoms with Gasteiger partial charge in [-0.05, 0) is 19.4 Å². The van der Waals surface area contributed by atoms with E-state index < -0.39 is 5.97 Å². The largest absolute Gasteiger partial charge is 0.478 e. The number of nitrogens with one attached hydrogen (secondary N) is 1. The van der Waals surface area contributed by atoms with Crippen molar-refractivity contribution in [3.63, 3.8) is 0 Å². The highest BCUT2D eigenvalue weighted by atomic mass is 28.2. The molecule has 2 N–H and O–H groups in total. The summed E-state index contributed by atoms with van der Waals surface area (Å²) in [6.45, 7) is 3.19. The van der Waals surface area contributed by atoms with E-state index in [-0.39, 0.29) is 5.91 Å². The van der Waals surface area contributed by atoms with Gasteiger partial charge in [-0.1, -0.05) is 0 Å². The highest BCUT2D eigenvalue weighted by Gasteiger charge is 1.96. The molecule has 5 nitrogen and oxygen atoms in total. The quantitative estimate of drug-likeness (QED) is 0.354. The number of hydrogen-bond acceptors (Lipinski definition) is 3. The number of carboxylic acids is 1. The van der Waals surface area contributed by atoms with E-state index in [4.69, 9.17) is 9.53 Å². The van der Waals surface area contributed by atoms with E-state index in [1.165, 1.54) is 0 Å². The van der Waals surface area contributed by atoms with Crippen LogP contribution in [-0.4, -0.2) is 39.9 Å². The van der Waals surface area contributed by atoms with Gasteiger partial charge in [0.15, 0.2) is 0 Å². The lowest BCUT2D eigenvalue weighted by molar-refractivity contribution is -0.131. The van der Waals surface area contributed by atoms with Gasteiger partial charge in [0.2, 0.25) is 15.7 Å². The lowest BCUT2D eigenvalue weighted by Crippen LogP contribution is -2.22. The zero-order valence-electron chi connectivity index (χ0n) is 8.66. The molecule has 0 fully saturated rings. The van der Waals surface area contributed by atoms with E-state index in [9.17, 15) is 9.59 Å². The number of hydrogen-bond donors (Lipinski definition) is 2. The monoisotopic (exact) mass is 229 g/mol. The zero-order chi connectivity index (χ0) is 11.5. The Morgan fingerprint density at radius 1 is 1.47 bits per heavy atom. The van der Waals surface area contributed by atoms with Crippen molar-refractivity contribution in [1.82, 2.24) is 5.32 Å². The predicted molar refractivity (Wildman–Crippen MR) is 56.6 cm³/mol. The molecule has 6 heteroatoms. The van der Waals surface area contributed by atoms with Crippen molar-refractivity contribution in [2.45, 2.75) is 19.4 Å². The molecule has 0 bridgehead atoms. The summed E-state index contributed by atoms with van der Waals surface area (Å²) in [6.07, 6.45) is 2.66. The summed E-state index contributed by atoms with van der Waals surface area (Å²) < 4.78 is 5.14. The standard InChI is InChI=1S/C9H15NO4Si/c1-2-14-15-7-3-6-10-8(11)4-5-9(12)13/h4-5H,2-3,6-7H2,1H3,(H,10,11)(H,12,13)/b5-4-. The molecular weight excluding hydrogens is 214 g/mol. The number of carboxylic acid groups (broad SMARTS) is 1. The topological polar surface area (TPSA) is 75.6 Å². The molecule has 0 atom stereocenters. The van der Waals surface area contributed by atoms with Gasteiger partial charge in [-0.2, -0.15) is 0 Å². The molecule has 84 valence electrons. The first-order valence-electron chi connectivity index (χ1n) is 4.70. The van der Waals surface area contributed by atoms with E-state index in [0.717, 1.165) is 24.6 Å². The van der Waals surface area contributed by atoms with E-state index >= 15 is 0 Å². The smallest absolute Gasteiger partial charge is 0.328 e.